The molecule has 5 heteroatoms. The second-order valence-electron chi connectivity index (χ2n) is 5.27. The van der Waals surface area contributed by atoms with E-state index in [1.165, 1.54) is 0 Å². The van der Waals surface area contributed by atoms with Gasteiger partial charge in [-0.05, 0) is 59.9 Å². The number of rotatable bonds is 4. The Morgan fingerprint density at radius 2 is 2.30 bits per heavy atom. The highest BCUT2D eigenvalue weighted by Crippen LogP contribution is 2.29. The van der Waals surface area contributed by atoms with E-state index in [0.29, 0.717) is 0 Å². The summed E-state index contributed by atoms with van der Waals surface area (Å²) in [6.07, 6.45) is 1.72. The number of carbonyl (C=O) groups is 1. The summed E-state index contributed by atoms with van der Waals surface area (Å²) in [5, 5.41) is 9.25. The van der Waals surface area contributed by atoms with Crippen LogP contribution in [0.5, 0.6) is 5.75 Å². The number of carboxylic acid groups (broad SMARTS) is 1. The van der Waals surface area contributed by atoms with Gasteiger partial charge < -0.3 is 9.84 Å². The maximum absolute atomic E-state index is 11.2. The number of piperidine rings is 1. The zero-order valence-corrected chi connectivity index (χ0v) is 13.4. The average molecular weight is 342 g/mol. The molecule has 2 atom stereocenters. The number of ether oxygens (including phenoxy) is 1. The summed E-state index contributed by atoms with van der Waals surface area (Å²) in [4.78, 5) is 13.5. The first-order chi connectivity index (χ1) is 9.52. The van der Waals surface area contributed by atoms with Gasteiger partial charge in [-0.3, -0.25) is 9.69 Å². The van der Waals surface area contributed by atoms with Crippen LogP contribution in [0, 0.1) is 5.92 Å². The monoisotopic (exact) mass is 341 g/mol. The van der Waals surface area contributed by atoms with E-state index in [0.717, 1.165) is 41.7 Å². The number of aliphatic carboxylic acids is 1. The number of nitrogens with zero attached hydrogens (tertiary/aromatic N) is 1. The van der Waals surface area contributed by atoms with Crippen LogP contribution in [0.2, 0.25) is 0 Å². The first-order valence-corrected chi connectivity index (χ1v) is 7.61. The molecule has 0 aromatic heterocycles. The van der Waals surface area contributed by atoms with Gasteiger partial charge in [-0.1, -0.05) is 6.07 Å². The lowest BCUT2D eigenvalue weighted by atomic mass is 9.90. The van der Waals surface area contributed by atoms with E-state index in [-0.39, 0.29) is 12.0 Å². The normalized spacial score (nSPS) is 23.6. The minimum Gasteiger partial charge on any atom is -0.496 e. The second kappa shape index (κ2) is 6.59. The molecule has 0 spiro atoms. The average Bonchev–Trinajstić information content (AvgIpc) is 2.41. The van der Waals surface area contributed by atoms with E-state index in [9.17, 15) is 9.90 Å². The van der Waals surface area contributed by atoms with Crippen molar-refractivity contribution < 1.29 is 14.6 Å². The molecule has 0 bridgehead atoms. The van der Waals surface area contributed by atoms with Crippen molar-refractivity contribution in [1.29, 1.82) is 0 Å². The zero-order valence-electron chi connectivity index (χ0n) is 11.8. The first-order valence-electron chi connectivity index (χ1n) is 6.82. The number of hydrogen-bond donors (Lipinski definition) is 1. The molecule has 0 amide bonds. The van der Waals surface area contributed by atoms with Crippen molar-refractivity contribution in [3.05, 3.63) is 28.2 Å². The van der Waals surface area contributed by atoms with Gasteiger partial charge in [0.05, 0.1) is 17.5 Å². The second-order valence-corrected chi connectivity index (χ2v) is 6.12. The Morgan fingerprint density at radius 3 is 2.90 bits per heavy atom. The van der Waals surface area contributed by atoms with Gasteiger partial charge in [0.1, 0.15) is 5.75 Å². The van der Waals surface area contributed by atoms with E-state index in [1.807, 2.05) is 25.1 Å². The van der Waals surface area contributed by atoms with Gasteiger partial charge in [0.2, 0.25) is 0 Å². The summed E-state index contributed by atoms with van der Waals surface area (Å²) >= 11 is 3.48. The molecule has 4 nitrogen and oxygen atoms in total. The Kier molecular flexibility index (Phi) is 5.05. The topological polar surface area (TPSA) is 49.8 Å². The largest absolute Gasteiger partial charge is 0.496 e. The Hall–Kier alpha value is -1.07. The van der Waals surface area contributed by atoms with Crippen LogP contribution < -0.4 is 4.74 Å². The molecule has 0 unspecified atom stereocenters. The predicted molar refractivity (Wildman–Crippen MR) is 80.9 cm³/mol. The molecule has 1 aromatic carbocycles. The standard InChI is InChI=1S/C15H20BrNO3/c1-10-12(15(18)19)4-3-7-17(10)9-11-5-6-14(20-2)13(16)8-11/h5-6,8,10,12H,3-4,7,9H2,1-2H3,(H,18,19)/t10-,12-/m0/s1. The van der Waals surface area contributed by atoms with Gasteiger partial charge in [-0.15, -0.1) is 0 Å². The number of benzene rings is 1. The van der Waals surface area contributed by atoms with Crippen molar-refractivity contribution in [3.8, 4) is 5.75 Å². The SMILES string of the molecule is COc1ccc(CN2CCC[C@H](C(=O)O)[C@@H]2C)cc1Br. The van der Waals surface area contributed by atoms with Crippen LogP contribution in [-0.2, 0) is 11.3 Å². The van der Waals surface area contributed by atoms with Crippen LogP contribution in [0.25, 0.3) is 0 Å². The molecule has 2 rings (SSSR count). The molecule has 1 N–H and O–H groups in total. The van der Waals surface area contributed by atoms with Gasteiger partial charge in [0.25, 0.3) is 0 Å². The van der Waals surface area contributed by atoms with E-state index >= 15 is 0 Å². The summed E-state index contributed by atoms with van der Waals surface area (Å²) in [5.41, 5.74) is 1.16. The minimum absolute atomic E-state index is 0.0714. The number of carboxylic acids is 1. The summed E-state index contributed by atoms with van der Waals surface area (Å²) in [7, 11) is 1.64. The molecule has 20 heavy (non-hydrogen) atoms. The van der Waals surface area contributed by atoms with Crippen molar-refractivity contribution in [2.45, 2.75) is 32.4 Å². The quantitative estimate of drug-likeness (QED) is 0.913. The summed E-state index contributed by atoms with van der Waals surface area (Å²) in [6, 6.07) is 6.07. The third-order valence-corrected chi connectivity index (χ3v) is 4.66. The smallest absolute Gasteiger partial charge is 0.308 e. The van der Waals surface area contributed by atoms with Gasteiger partial charge >= 0.3 is 5.97 Å². The van der Waals surface area contributed by atoms with Gasteiger partial charge in [0, 0.05) is 12.6 Å². The molecule has 1 aliphatic heterocycles. The number of hydrogen-bond acceptors (Lipinski definition) is 3. The lowest BCUT2D eigenvalue weighted by Gasteiger charge is -2.37. The highest BCUT2D eigenvalue weighted by Gasteiger charge is 2.32. The van der Waals surface area contributed by atoms with Crippen LogP contribution in [0.15, 0.2) is 22.7 Å². The predicted octanol–water partition coefficient (Wildman–Crippen LogP) is 3.14. The lowest BCUT2D eigenvalue weighted by molar-refractivity contribution is -0.145. The van der Waals surface area contributed by atoms with Gasteiger partial charge in [-0.2, -0.15) is 0 Å². The molecular weight excluding hydrogens is 322 g/mol. The van der Waals surface area contributed by atoms with Crippen LogP contribution in [0.1, 0.15) is 25.3 Å². The molecule has 0 radical (unpaired) electrons. The first kappa shape index (κ1) is 15.3. The van der Waals surface area contributed by atoms with Crippen molar-refractivity contribution in [2.24, 2.45) is 5.92 Å². The van der Waals surface area contributed by atoms with Crippen LogP contribution >= 0.6 is 15.9 Å². The number of halogens is 1. The molecular formula is C15H20BrNO3. The van der Waals surface area contributed by atoms with E-state index < -0.39 is 5.97 Å². The fourth-order valence-electron chi connectivity index (χ4n) is 2.81. The molecule has 110 valence electrons. The van der Waals surface area contributed by atoms with Crippen LogP contribution in [0.3, 0.4) is 0 Å². The third-order valence-electron chi connectivity index (χ3n) is 4.04. The lowest BCUT2D eigenvalue weighted by Crippen LogP contribution is -2.45. The summed E-state index contributed by atoms with van der Waals surface area (Å²) in [6.45, 7) is 3.73. The van der Waals surface area contributed by atoms with Crippen LogP contribution in [0.4, 0.5) is 0 Å². The van der Waals surface area contributed by atoms with E-state index in [2.05, 4.69) is 20.8 Å². The molecule has 1 heterocycles. The highest BCUT2D eigenvalue weighted by molar-refractivity contribution is 9.10. The van der Waals surface area contributed by atoms with Gasteiger partial charge in [-0.25, -0.2) is 0 Å². The minimum atomic E-state index is -0.682. The maximum atomic E-state index is 11.2. The molecule has 1 saturated heterocycles. The van der Waals surface area contributed by atoms with Crippen molar-refractivity contribution in [2.75, 3.05) is 13.7 Å². The molecule has 1 aromatic rings. The Labute approximate surface area is 127 Å². The van der Waals surface area contributed by atoms with E-state index in [4.69, 9.17) is 4.74 Å². The molecule has 1 aliphatic rings. The molecule has 0 aliphatic carbocycles. The van der Waals surface area contributed by atoms with E-state index in [1.54, 1.807) is 7.11 Å². The molecule has 1 fully saturated rings. The summed E-state index contributed by atoms with van der Waals surface area (Å²) in [5.74, 6) is -0.132. The van der Waals surface area contributed by atoms with Crippen LogP contribution in [-0.4, -0.2) is 35.7 Å². The molecule has 0 saturated carbocycles. The summed E-state index contributed by atoms with van der Waals surface area (Å²) < 4.78 is 6.15. The number of likely N-dealkylation sites (tertiary alicyclic amines) is 1. The van der Waals surface area contributed by atoms with Crippen molar-refractivity contribution >= 4 is 21.9 Å². The van der Waals surface area contributed by atoms with Crippen molar-refractivity contribution in [1.82, 2.24) is 4.90 Å². The zero-order chi connectivity index (χ0) is 14.7. The van der Waals surface area contributed by atoms with Gasteiger partial charge in [0.15, 0.2) is 0 Å². The Bertz CT molecular complexity index is 492. The fraction of sp³-hybridized carbons (Fsp3) is 0.533. The Balaban J connectivity index is 2.09. The Morgan fingerprint density at radius 1 is 1.55 bits per heavy atom. The highest BCUT2D eigenvalue weighted by atomic mass is 79.9. The van der Waals surface area contributed by atoms with Crippen molar-refractivity contribution in [3.63, 3.8) is 0 Å². The fourth-order valence-corrected chi connectivity index (χ4v) is 3.40. The maximum Gasteiger partial charge on any atom is 0.308 e. The third kappa shape index (κ3) is 3.33. The number of methoxy groups -OCH3 is 1.